The summed E-state index contributed by atoms with van der Waals surface area (Å²) in [5.41, 5.74) is 0.861. The topological polar surface area (TPSA) is 85.2 Å². The van der Waals surface area contributed by atoms with Crippen LogP contribution in [0.3, 0.4) is 0 Å². The van der Waals surface area contributed by atoms with Crippen molar-refractivity contribution < 1.29 is 16.8 Å². The maximum absolute atomic E-state index is 13.0. The van der Waals surface area contributed by atoms with Gasteiger partial charge in [0.1, 0.15) is 4.90 Å². The van der Waals surface area contributed by atoms with Crippen molar-refractivity contribution in [3.05, 3.63) is 75.6 Å². The average Bonchev–Trinajstić information content (AvgIpc) is 2.93. The predicted octanol–water partition coefficient (Wildman–Crippen LogP) is 3.75. The second-order valence-corrected chi connectivity index (χ2v) is 10.6. The molecule has 0 aliphatic heterocycles. The molecule has 6 nitrogen and oxygen atoms in total. The van der Waals surface area contributed by atoms with Crippen molar-refractivity contribution in [1.82, 2.24) is 3.97 Å². The number of hydrogen-bond donors (Lipinski definition) is 1. The summed E-state index contributed by atoms with van der Waals surface area (Å²) in [6.45, 7) is 3.05. The quantitative estimate of drug-likeness (QED) is 0.524. The normalized spacial score (nSPS) is 12.1. The molecule has 1 N–H and O–H groups in total. The fourth-order valence-electron chi connectivity index (χ4n) is 2.79. The molecule has 0 amide bonds. The summed E-state index contributed by atoms with van der Waals surface area (Å²) in [5.74, 6) is 0. The Hall–Kier alpha value is -1.85. The molecule has 9 heteroatoms. The van der Waals surface area contributed by atoms with Gasteiger partial charge in [0.25, 0.3) is 20.0 Å². The number of rotatable bonds is 5. The average molecular weight is 516 g/mol. The third kappa shape index (κ3) is 3.90. The minimum atomic E-state index is -3.94. The summed E-state index contributed by atoms with van der Waals surface area (Å²) in [5, 5.41) is 0. The molecular weight excluding hydrogens is 499 g/mol. The van der Waals surface area contributed by atoms with E-state index < -0.39 is 20.0 Å². The van der Waals surface area contributed by atoms with Gasteiger partial charge in [0.05, 0.1) is 10.6 Å². The summed E-state index contributed by atoms with van der Waals surface area (Å²) in [7, 11) is -7.83. The Morgan fingerprint density at radius 1 is 0.889 bits per heavy atom. The fourth-order valence-corrected chi connectivity index (χ4v) is 6.17. The monoisotopic (exact) mass is 516 g/mol. The molecule has 0 radical (unpaired) electrons. The lowest BCUT2D eigenvalue weighted by Crippen LogP contribution is -2.18. The third-order valence-corrected chi connectivity index (χ3v) is 8.12. The van der Waals surface area contributed by atoms with Crippen molar-refractivity contribution in [3.8, 4) is 0 Å². The largest absolute Gasteiger partial charge is 0.280 e. The van der Waals surface area contributed by atoms with Crippen LogP contribution in [0.2, 0.25) is 0 Å². The van der Waals surface area contributed by atoms with Gasteiger partial charge in [-0.05, 0) is 78.9 Å². The number of nitrogens with one attached hydrogen (secondary N) is 1. The molecule has 0 aliphatic rings. The molecule has 0 aliphatic carbocycles. The second-order valence-electron chi connectivity index (χ2n) is 5.93. The Labute approximate surface area is 172 Å². The van der Waals surface area contributed by atoms with Gasteiger partial charge < -0.3 is 0 Å². The number of anilines is 1. The first-order valence-electron chi connectivity index (χ1n) is 7.91. The third-order valence-electron chi connectivity index (χ3n) is 3.99. The van der Waals surface area contributed by atoms with E-state index >= 15 is 0 Å². The first kappa shape index (κ1) is 19.9. The van der Waals surface area contributed by atoms with Crippen molar-refractivity contribution in [2.45, 2.75) is 23.6 Å². The van der Waals surface area contributed by atoms with Crippen molar-refractivity contribution in [2.24, 2.45) is 0 Å². The van der Waals surface area contributed by atoms with Crippen molar-refractivity contribution in [3.63, 3.8) is 0 Å². The highest BCUT2D eigenvalue weighted by Crippen LogP contribution is 2.27. The van der Waals surface area contributed by atoms with E-state index in [1.807, 2.05) is 0 Å². The molecule has 3 aromatic rings. The van der Waals surface area contributed by atoms with Crippen molar-refractivity contribution in [1.29, 1.82) is 0 Å². The van der Waals surface area contributed by atoms with Crippen molar-refractivity contribution in [2.75, 3.05) is 4.72 Å². The van der Waals surface area contributed by atoms with E-state index in [1.54, 1.807) is 49.4 Å². The van der Waals surface area contributed by atoms with Crippen LogP contribution in [0.5, 0.6) is 0 Å². The van der Waals surface area contributed by atoms with E-state index in [-0.39, 0.29) is 15.5 Å². The van der Waals surface area contributed by atoms with Crippen LogP contribution in [0.25, 0.3) is 0 Å². The van der Waals surface area contributed by atoms with E-state index in [2.05, 4.69) is 27.3 Å². The fraction of sp³-hybridized carbons (Fsp3) is 0.111. The SMILES string of the molecule is Cc1cc(S(=O)(=O)Nc2ccc(I)cc2)c(C)n1S(=O)(=O)c1ccccc1. The predicted molar refractivity (Wildman–Crippen MR) is 113 cm³/mol. The van der Waals surface area contributed by atoms with E-state index in [0.717, 1.165) is 7.54 Å². The highest BCUT2D eigenvalue weighted by atomic mass is 127. The van der Waals surface area contributed by atoms with Gasteiger partial charge >= 0.3 is 0 Å². The first-order chi connectivity index (χ1) is 12.6. The van der Waals surface area contributed by atoms with E-state index in [9.17, 15) is 16.8 Å². The molecule has 2 aromatic carbocycles. The molecule has 27 heavy (non-hydrogen) atoms. The smallest absolute Gasteiger partial charge is 0.268 e. The molecule has 142 valence electrons. The molecule has 0 saturated heterocycles. The lowest BCUT2D eigenvalue weighted by molar-refractivity contribution is 0.584. The highest BCUT2D eigenvalue weighted by molar-refractivity contribution is 14.1. The van der Waals surface area contributed by atoms with Gasteiger partial charge in [0, 0.05) is 15.0 Å². The summed E-state index contributed by atoms with van der Waals surface area (Å²) < 4.78 is 56.1. The Morgan fingerprint density at radius 2 is 1.48 bits per heavy atom. The van der Waals surface area contributed by atoms with Crippen LogP contribution in [-0.4, -0.2) is 20.8 Å². The zero-order valence-corrected chi connectivity index (χ0v) is 18.3. The summed E-state index contributed by atoms with van der Waals surface area (Å²) in [6.07, 6.45) is 0. The summed E-state index contributed by atoms with van der Waals surface area (Å²) in [4.78, 5) is 0.0272. The molecule has 0 bridgehead atoms. The Bertz CT molecular complexity index is 1180. The van der Waals surface area contributed by atoms with Crippen LogP contribution in [-0.2, 0) is 20.0 Å². The van der Waals surface area contributed by atoms with Gasteiger partial charge in [-0.3, -0.25) is 4.72 Å². The summed E-state index contributed by atoms with van der Waals surface area (Å²) in [6, 6.07) is 16.1. The molecule has 0 spiro atoms. The maximum Gasteiger partial charge on any atom is 0.268 e. The van der Waals surface area contributed by atoms with Crippen LogP contribution in [0.4, 0.5) is 5.69 Å². The molecule has 3 rings (SSSR count). The minimum absolute atomic E-state index is 0.0712. The maximum atomic E-state index is 13.0. The van der Waals surface area contributed by atoms with E-state index in [4.69, 9.17) is 0 Å². The number of benzene rings is 2. The number of aromatic nitrogens is 1. The van der Waals surface area contributed by atoms with E-state index in [0.29, 0.717) is 11.4 Å². The van der Waals surface area contributed by atoms with Crippen LogP contribution >= 0.6 is 22.6 Å². The highest BCUT2D eigenvalue weighted by Gasteiger charge is 2.28. The molecular formula is C18H17IN2O4S2. The van der Waals surface area contributed by atoms with Crippen LogP contribution in [0.1, 0.15) is 11.4 Å². The van der Waals surface area contributed by atoms with E-state index in [1.165, 1.54) is 25.1 Å². The molecule has 0 fully saturated rings. The van der Waals surface area contributed by atoms with Gasteiger partial charge in [-0.2, -0.15) is 0 Å². The lowest BCUT2D eigenvalue weighted by atomic mass is 10.3. The van der Waals surface area contributed by atoms with Crippen LogP contribution in [0.15, 0.2) is 70.5 Å². The van der Waals surface area contributed by atoms with Gasteiger partial charge in [0.15, 0.2) is 0 Å². The minimum Gasteiger partial charge on any atom is -0.280 e. The molecule has 0 unspecified atom stereocenters. The van der Waals surface area contributed by atoms with Crippen LogP contribution in [0, 0.1) is 17.4 Å². The van der Waals surface area contributed by atoms with Gasteiger partial charge in [-0.1, -0.05) is 18.2 Å². The Kier molecular flexibility index (Phi) is 5.37. The van der Waals surface area contributed by atoms with Gasteiger partial charge in [-0.25, -0.2) is 20.8 Å². The zero-order chi connectivity index (χ0) is 19.8. The van der Waals surface area contributed by atoms with Gasteiger partial charge in [0.2, 0.25) is 0 Å². The zero-order valence-electron chi connectivity index (χ0n) is 14.5. The number of aryl methyl sites for hydroxylation is 1. The van der Waals surface area contributed by atoms with Crippen LogP contribution < -0.4 is 4.72 Å². The number of hydrogen-bond acceptors (Lipinski definition) is 4. The second kappa shape index (κ2) is 7.28. The first-order valence-corrected chi connectivity index (χ1v) is 11.9. The molecule has 0 atom stereocenters. The number of nitrogens with zero attached hydrogens (tertiary/aromatic N) is 1. The summed E-state index contributed by atoms with van der Waals surface area (Å²) >= 11 is 2.13. The number of halogens is 1. The molecule has 1 aromatic heterocycles. The lowest BCUT2D eigenvalue weighted by Gasteiger charge is -2.12. The van der Waals surface area contributed by atoms with Gasteiger partial charge in [-0.15, -0.1) is 0 Å². The van der Waals surface area contributed by atoms with Crippen molar-refractivity contribution >= 4 is 48.3 Å². The Balaban J connectivity index is 2.07. The molecule has 0 saturated carbocycles. The number of sulfonamides is 1. The standard InChI is InChI=1S/C18H17IN2O4S2/c1-13-12-18(26(22,23)20-16-10-8-15(19)9-11-16)14(2)21(13)27(24,25)17-6-4-3-5-7-17/h3-12,20H,1-2H3. The Morgan fingerprint density at radius 3 is 2.07 bits per heavy atom. The molecule has 1 heterocycles.